The zero-order valence-electron chi connectivity index (χ0n) is 10.2. The Balaban J connectivity index is 2.18. The average molecular weight is 299 g/mol. The largest absolute Gasteiger partial charge is 0.379 e. The first kappa shape index (κ1) is 13.0. The highest BCUT2D eigenvalue weighted by atomic mass is 79.9. The molecule has 0 amide bonds. The van der Waals surface area contributed by atoms with Crippen molar-refractivity contribution in [3.63, 3.8) is 0 Å². The van der Waals surface area contributed by atoms with Gasteiger partial charge in [0.15, 0.2) is 0 Å². The van der Waals surface area contributed by atoms with Gasteiger partial charge < -0.3 is 10.5 Å². The van der Waals surface area contributed by atoms with Crippen LogP contribution in [-0.4, -0.2) is 37.7 Å². The van der Waals surface area contributed by atoms with Gasteiger partial charge in [0, 0.05) is 30.1 Å². The number of aryl methyl sites for hydroxylation is 1. The van der Waals surface area contributed by atoms with E-state index in [2.05, 4.69) is 46.0 Å². The molecule has 1 atom stereocenters. The van der Waals surface area contributed by atoms with Crippen molar-refractivity contribution < 1.29 is 4.74 Å². The lowest BCUT2D eigenvalue weighted by Crippen LogP contribution is -2.41. The molecule has 0 spiro atoms. The summed E-state index contributed by atoms with van der Waals surface area (Å²) in [5.41, 5.74) is 8.47. The smallest absolute Gasteiger partial charge is 0.0594 e. The summed E-state index contributed by atoms with van der Waals surface area (Å²) >= 11 is 3.58. The summed E-state index contributed by atoms with van der Waals surface area (Å²) in [6, 6.07) is 6.80. The Morgan fingerprint density at radius 1 is 1.41 bits per heavy atom. The zero-order valence-corrected chi connectivity index (χ0v) is 11.7. The van der Waals surface area contributed by atoms with E-state index in [4.69, 9.17) is 10.5 Å². The second-order valence-corrected chi connectivity index (χ2v) is 5.26. The predicted molar refractivity (Wildman–Crippen MR) is 73.1 cm³/mol. The number of ether oxygens (including phenoxy) is 1. The Morgan fingerprint density at radius 2 is 2.12 bits per heavy atom. The van der Waals surface area contributed by atoms with Crippen molar-refractivity contribution in [2.45, 2.75) is 13.0 Å². The number of morpholine rings is 1. The normalized spacial score (nSPS) is 19.2. The van der Waals surface area contributed by atoms with Gasteiger partial charge in [-0.1, -0.05) is 28.1 Å². The molecule has 0 saturated carbocycles. The van der Waals surface area contributed by atoms with Crippen LogP contribution in [0.2, 0.25) is 0 Å². The van der Waals surface area contributed by atoms with Crippen LogP contribution < -0.4 is 5.73 Å². The number of nitrogens with zero attached hydrogens (tertiary/aromatic N) is 1. The standard InChI is InChI=1S/C13H19BrN2O/c1-10-2-3-11(8-12(10)14)13(9-15)16-4-6-17-7-5-16/h2-3,8,13H,4-7,9,15H2,1H3. The monoisotopic (exact) mass is 298 g/mol. The number of hydrogen-bond donors (Lipinski definition) is 1. The molecule has 1 unspecified atom stereocenters. The number of rotatable bonds is 3. The summed E-state index contributed by atoms with van der Waals surface area (Å²) in [6.07, 6.45) is 0. The quantitative estimate of drug-likeness (QED) is 0.929. The lowest BCUT2D eigenvalue weighted by molar-refractivity contribution is 0.0179. The van der Waals surface area contributed by atoms with Gasteiger partial charge in [-0.25, -0.2) is 0 Å². The summed E-state index contributed by atoms with van der Waals surface area (Å²) in [4.78, 5) is 2.40. The topological polar surface area (TPSA) is 38.5 Å². The maximum Gasteiger partial charge on any atom is 0.0594 e. The fraction of sp³-hybridized carbons (Fsp3) is 0.538. The van der Waals surface area contributed by atoms with E-state index in [-0.39, 0.29) is 0 Å². The van der Waals surface area contributed by atoms with E-state index >= 15 is 0 Å². The Labute approximate surface area is 111 Å². The highest BCUT2D eigenvalue weighted by Crippen LogP contribution is 2.25. The highest BCUT2D eigenvalue weighted by Gasteiger charge is 2.21. The molecule has 1 aliphatic rings. The molecule has 2 rings (SSSR count). The predicted octanol–water partition coefficient (Wildman–Crippen LogP) is 2.09. The molecule has 0 aliphatic carbocycles. The molecule has 0 radical (unpaired) electrons. The van der Waals surface area contributed by atoms with Gasteiger partial charge in [0.2, 0.25) is 0 Å². The zero-order chi connectivity index (χ0) is 12.3. The molecule has 2 N–H and O–H groups in total. The third kappa shape index (κ3) is 3.07. The third-order valence-electron chi connectivity index (χ3n) is 3.29. The van der Waals surface area contributed by atoms with Gasteiger partial charge in [-0.15, -0.1) is 0 Å². The first-order valence-electron chi connectivity index (χ1n) is 6.00. The first-order valence-corrected chi connectivity index (χ1v) is 6.79. The van der Waals surface area contributed by atoms with E-state index in [0.29, 0.717) is 12.6 Å². The van der Waals surface area contributed by atoms with E-state index < -0.39 is 0 Å². The minimum absolute atomic E-state index is 0.302. The fourth-order valence-electron chi connectivity index (χ4n) is 2.20. The number of benzene rings is 1. The number of halogens is 1. The molecular weight excluding hydrogens is 280 g/mol. The molecule has 4 heteroatoms. The Morgan fingerprint density at radius 3 is 2.71 bits per heavy atom. The van der Waals surface area contributed by atoms with Crippen LogP contribution in [0.3, 0.4) is 0 Å². The Kier molecular flexibility index (Phi) is 4.56. The van der Waals surface area contributed by atoms with Crippen LogP contribution in [0.25, 0.3) is 0 Å². The number of hydrogen-bond acceptors (Lipinski definition) is 3. The summed E-state index contributed by atoms with van der Waals surface area (Å²) in [7, 11) is 0. The maximum absolute atomic E-state index is 5.93. The van der Waals surface area contributed by atoms with Crippen LogP contribution >= 0.6 is 15.9 Å². The lowest BCUT2D eigenvalue weighted by atomic mass is 10.0. The van der Waals surface area contributed by atoms with Crippen LogP contribution in [0.15, 0.2) is 22.7 Å². The van der Waals surface area contributed by atoms with E-state index in [9.17, 15) is 0 Å². The van der Waals surface area contributed by atoms with Gasteiger partial charge in [0.05, 0.1) is 13.2 Å². The van der Waals surface area contributed by atoms with Gasteiger partial charge in [0.25, 0.3) is 0 Å². The minimum Gasteiger partial charge on any atom is -0.379 e. The van der Waals surface area contributed by atoms with Crippen molar-refractivity contribution >= 4 is 15.9 Å². The summed E-state index contributed by atoms with van der Waals surface area (Å²) < 4.78 is 6.54. The summed E-state index contributed by atoms with van der Waals surface area (Å²) in [5.74, 6) is 0. The van der Waals surface area contributed by atoms with E-state index in [0.717, 1.165) is 30.8 Å². The van der Waals surface area contributed by atoms with Crippen LogP contribution in [0.5, 0.6) is 0 Å². The molecule has 1 aromatic carbocycles. The van der Waals surface area contributed by atoms with Crippen LogP contribution in [0, 0.1) is 6.92 Å². The van der Waals surface area contributed by atoms with Crippen molar-refractivity contribution in [2.24, 2.45) is 5.73 Å². The second-order valence-electron chi connectivity index (χ2n) is 4.41. The van der Waals surface area contributed by atoms with Gasteiger partial charge in [-0.05, 0) is 24.1 Å². The van der Waals surface area contributed by atoms with Crippen molar-refractivity contribution in [2.75, 3.05) is 32.8 Å². The first-order chi connectivity index (χ1) is 8.22. The fourth-order valence-corrected chi connectivity index (χ4v) is 2.60. The summed E-state index contributed by atoms with van der Waals surface area (Å²) in [5, 5.41) is 0. The molecule has 0 aromatic heterocycles. The van der Waals surface area contributed by atoms with E-state index in [1.165, 1.54) is 11.1 Å². The molecule has 1 heterocycles. The van der Waals surface area contributed by atoms with Gasteiger partial charge in [0.1, 0.15) is 0 Å². The molecule has 3 nitrogen and oxygen atoms in total. The molecule has 1 aliphatic heterocycles. The van der Waals surface area contributed by atoms with Gasteiger partial charge in [-0.3, -0.25) is 4.90 Å². The lowest BCUT2D eigenvalue weighted by Gasteiger charge is -2.34. The Hall–Kier alpha value is -0.420. The van der Waals surface area contributed by atoms with E-state index in [1.54, 1.807) is 0 Å². The maximum atomic E-state index is 5.93. The molecule has 0 bridgehead atoms. The highest BCUT2D eigenvalue weighted by molar-refractivity contribution is 9.10. The van der Waals surface area contributed by atoms with Crippen LogP contribution in [-0.2, 0) is 4.74 Å². The third-order valence-corrected chi connectivity index (χ3v) is 4.14. The van der Waals surface area contributed by atoms with Crippen LogP contribution in [0.1, 0.15) is 17.2 Å². The number of nitrogens with two attached hydrogens (primary N) is 1. The van der Waals surface area contributed by atoms with Gasteiger partial charge >= 0.3 is 0 Å². The molecular formula is C13H19BrN2O. The molecule has 1 fully saturated rings. The second kappa shape index (κ2) is 5.96. The van der Waals surface area contributed by atoms with Crippen molar-refractivity contribution in [3.05, 3.63) is 33.8 Å². The average Bonchev–Trinajstić information content (AvgIpc) is 2.36. The molecule has 1 saturated heterocycles. The van der Waals surface area contributed by atoms with Crippen molar-refractivity contribution in [3.8, 4) is 0 Å². The summed E-state index contributed by atoms with van der Waals surface area (Å²) in [6.45, 7) is 6.29. The Bertz CT molecular complexity index is 378. The molecule has 94 valence electrons. The molecule has 1 aromatic rings. The SMILES string of the molecule is Cc1ccc(C(CN)N2CCOCC2)cc1Br. The minimum atomic E-state index is 0.302. The van der Waals surface area contributed by atoms with Crippen molar-refractivity contribution in [1.82, 2.24) is 4.90 Å². The van der Waals surface area contributed by atoms with Crippen LogP contribution in [0.4, 0.5) is 0 Å². The van der Waals surface area contributed by atoms with E-state index in [1.807, 2.05) is 0 Å². The van der Waals surface area contributed by atoms with Gasteiger partial charge in [-0.2, -0.15) is 0 Å². The molecule has 17 heavy (non-hydrogen) atoms. The van der Waals surface area contributed by atoms with Crippen molar-refractivity contribution in [1.29, 1.82) is 0 Å².